The van der Waals surface area contributed by atoms with Gasteiger partial charge in [-0.05, 0) is 25.0 Å². The molecule has 0 atom stereocenters. The molecule has 0 unspecified atom stereocenters. The zero-order valence-corrected chi connectivity index (χ0v) is 11.8. The molecule has 0 saturated heterocycles. The van der Waals surface area contributed by atoms with Crippen molar-refractivity contribution in [2.75, 3.05) is 0 Å². The second-order valence-electron chi connectivity index (χ2n) is 4.29. The third-order valence-electron chi connectivity index (χ3n) is 2.87. The maximum Gasteiger partial charge on any atom is 0.311 e. The number of halogens is 1. The minimum Gasteiger partial charge on any atom is -0.450 e. The highest BCUT2D eigenvalue weighted by atomic mass is 35.5. The first-order chi connectivity index (χ1) is 9.51. The molecule has 0 aliphatic carbocycles. The van der Waals surface area contributed by atoms with Crippen molar-refractivity contribution in [2.24, 2.45) is 0 Å². The van der Waals surface area contributed by atoms with E-state index in [0.29, 0.717) is 5.75 Å². The van der Waals surface area contributed by atoms with Crippen molar-refractivity contribution in [2.45, 2.75) is 20.3 Å². The number of aromatic nitrogens is 1. The molecule has 104 valence electrons. The highest BCUT2D eigenvalue weighted by molar-refractivity contribution is 6.29. The fourth-order valence-corrected chi connectivity index (χ4v) is 1.87. The van der Waals surface area contributed by atoms with E-state index in [4.69, 9.17) is 16.3 Å². The van der Waals surface area contributed by atoms with Crippen LogP contribution in [0.3, 0.4) is 0 Å². The average Bonchev–Trinajstić information content (AvgIpc) is 2.43. The zero-order chi connectivity index (χ0) is 14.7. The number of nitro benzene ring substituents is 1. The lowest BCUT2D eigenvalue weighted by molar-refractivity contribution is -0.385. The van der Waals surface area contributed by atoms with Crippen LogP contribution in [0.4, 0.5) is 5.69 Å². The molecule has 6 heteroatoms. The summed E-state index contributed by atoms with van der Waals surface area (Å²) in [5.74, 6) is 0.648. The number of nitro groups is 1. The van der Waals surface area contributed by atoms with E-state index in [-0.39, 0.29) is 16.6 Å². The summed E-state index contributed by atoms with van der Waals surface area (Å²) in [6.45, 7) is 3.73. The molecule has 1 aromatic heterocycles. The van der Waals surface area contributed by atoms with E-state index in [0.717, 1.165) is 17.5 Å². The second-order valence-corrected chi connectivity index (χ2v) is 4.67. The van der Waals surface area contributed by atoms with E-state index >= 15 is 0 Å². The Morgan fingerprint density at radius 1 is 1.35 bits per heavy atom. The molecule has 1 heterocycles. The SMILES string of the molecule is CCc1ccc(Oc2cc(Cl)ncc2C)c([N+](=O)[O-])c1. The molecule has 20 heavy (non-hydrogen) atoms. The maximum absolute atomic E-state index is 11.1. The molecule has 0 fully saturated rings. The summed E-state index contributed by atoms with van der Waals surface area (Å²) in [5.41, 5.74) is 1.58. The summed E-state index contributed by atoms with van der Waals surface area (Å²) < 4.78 is 5.62. The number of ether oxygens (including phenoxy) is 1. The molecule has 0 saturated carbocycles. The Balaban J connectivity index is 2.42. The van der Waals surface area contributed by atoms with Crippen molar-refractivity contribution in [1.82, 2.24) is 4.98 Å². The van der Waals surface area contributed by atoms with E-state index in [1.54, 1.807) is 25.3 Å². The summed E-state index contributed by atoms with van der Waals surface area (Å²) in [7, 11) is 0. The number of benzene rings is 1. The van der Waals surface area contributed by atoms with Crippen molar-refractivity contribution in [1.29, 1.82) is 0 Å². The topological polar surface area (TPSA) is 65.3 Å². The quantitative estimate of drug-likeness (QED) is 0.478. The lowest BCUT2D eigenvalue weighted by Crippen LogP contribution is -1.96. The molecule has 0 N–H and O–H groups in total. The third kappa shape index (κ3) is 3.05. The Labute approximate surface area is 121 Å². The van der Waals surface area contributed by atoms with Gasteiger partial charge in [0.05, 0.1) is 4.92 Å². The maximum atomic E-state index is 11.1. The molecule has 0 bridgehead atoms. The van der Waals surface area contributed by atoms with Crippen LogP contribution < -0.4 is 4.74 Å². The third-order valence-corrected chi connectivity index (χ3v) is 3.08. The van der Waals surface area contributed by atoms with Crippen LogP contribution in [0.5, 0.6) is 11.5 Å². The standard InChI is InChI=1S/C14H13ClN2O3/c1-3-10-4-5-12(11(6-10)17(18)19)20-13-7-14(15)16-8-9(13)2/h4-8H,3H2,1-2H3. The van der Waals surface area contributed by atoms with E-state index in [9.17, 15) is 10.1 Å². The van der Waals surface area contributed by atoms with Crippen LogP contribution in [-0.4, -0.2) is 9.91 Å². The molecule has 2 aromatic rings. The van der Waals surface area contributed by atoms with Gasteiger partial charge in [-0.15, -0.1) is 0 Å². The molecule has 0 spiro atoms. The van der Waals surface area contributed by atoms with Gasteiger partial charge in [0.15, 0.2) is 0 Å². The summed E-state index contributed by atoms with van der Waals surface area (Å²) in [5, 5.41) is 11.4. The van der Waals surface area contributed by atoms with E-state index in [1.807, 2.05) is 6.92 Å². The van der Waals surface area contributed by atoms with Gasteiger partial charge in [-0.2, -0.15) is 0 Å². The minimum absolute atomic E-state index is 0.0586. The molecule has 1 aromatic carbocycles. The van der Waals surface area contributed by atoms with Gasteiger partial charge in [-0.25, -0.2) is 4.98 Å². The van der Waals surface area contributed by atoms with E-state index in [2.05, 4.69) is 4.98 Å². The molecule has 0 aliphatic rings. The van der Waals surface area contributed by atoms with Crippen LogP contribution in [0, 0.1) is 17.0 Å². The molecule has 0 aliphatic heterocycles. The number of pyridine rings is 1. The Morgan fingerprint density at radius 3 is 2.75 bits per heavy atom. The van der Waals surface area contributed by atoms with Crippen LogP contribution in [0.1, 0.15) is 18.1 Å². The Kier molecular flexibility index (Phi) is 4.20. The first kappa shape index (κ1) is 14.3. The predicted molar refractivity (Wildman–Crippen MR) is 76.5 cm³/mol. The Morgan fingerprint density at radius 2 is 2.10 bits per heavy atom. The highest BCUT2D eigenvalue weighted by Gasteiger charge is 2.17. The summed E-state index contributed by atoms with van der Waals surface area (Å²) in [6, 6.07) is 6.47. The van der Waals surface area contributed by atoms with Crippen molar-refractivity contribution in [3.8, 4) is 11.5 Å². The summed E-state index contributed by atoms with van der Waals surface area (Å²) in [6.07, 6.45) is 2.28. The predicted octanol–water partition coefficient (Wildman–Crippen LogP) is 4.31. The highest BCUT2D eigenvalue weighted by Crippen LogP contribution is 2.34. The summed E-state index contributed by atoms with van der Waals surface area (Å²) in [4.78, 5) is 14.6. The summed E-state index contributed by atoms with van der Waals surface area (Å²) >= 11 is 5.81. The fourth-order valence-electron chi connectivity index (χ4n) is 1.72. The normalized spacial score (nSPS) is 10.3. The van der Waals surface area contributed by atoms with Gasteiger partial charge in [-0.3, -0.25) is 10.1 Å². The van der Waals surface area contributed by atoms with Crippen LogP contribution >= 0.6 is 11.6 Å². The Hall–Kier alpha value is -2.14. The average molecular weight is 293 g/mol. The fraction of sp³-hybridized carbons (Fsp3) is 0.214. The van der Waals surface area contributed by atoms with E-state index in [1.165, 1.54) is 12.1 Å². The van der Waals surface area contributed by atoms with Gasteiger partial charge in [0.1, 0.15) is 10.9 Å². The van der Waals surface area contributed by atoms with Crippen LogP contribution in [-0.2, 0) is 6.42 Å². The van der Waals surface area contributed by atoms with Crippen LogP contribution in [0.15, 0.2) is 30.5 Å². The minimum atomic E-state index is -0.452. The van der Waals surface area contributed by atoms with Crippen molar-refractivity contribution in [3.63, 3.8) is 0 Å². The molecular weight excluding hydrogens is 280 g/mol. The number of nitrogens with zero attached hydrogens (tertiary/aromatic N) is 2. The second kappa shape index (κ2) is 5.88. The molecule has 5 nitrogen and oxygen atoms in total. The van der Waals surface area contributed by atoms with Crippen LogP contribution in [0.2, 0.25) is 5.15 Å². The van der Waals surface area contributed by atoms with Gasteiger partial charge in [0.2, 0.25) is 5.75 Å². The van der Waals surface area contributed by atoms with Gasteiger partial charge < -0.3 is 4.74 Å². The van der Waals surface area contributed by atoms with Crippen molar-refractivity contribution < 1.29 is 9.66 Å². The van der Waals surface area contributed by atoms with Gasteiger partial charge >= 0.3 is 5.69 Å². The van der Waals surface area contributed by atoms with Crippen LogP contribution in [0.25, 0.3) is 0 Å². The number of aryl methyl sites for hydroxylation is 2. The lowest BCUT2D eigenvalue weighted by Gasteiger charge is -2.09. The monoisotopic (exact) mass is 292 g/mol. The van der Waals surface area contributed by atoms with Crippen molar-refractivity contribution >= 4 is 17.3 Å². The number of hydrogen-bond donors (Lipinski definition) is 0. The lowest BCUT2D eigenvalue weighted by atomic mass is 10.1. The largest absolute Gasteiger partial charge is 0.450 e. The van der Waals surface area contributed by atoms with Gasteiger partial charge in [-0.1, -0.05) is 24.6 Å². The smallest absolute Gasteiger partial charge is 0.311 e. The molecule has 0 amide bonds. The van der Waals surface area contributed by atoms with Crippen molar-refractivity contribution in [3.05, 3.63) is 56.9 Å². The molecule has 2 rings (SSSR count). The van der Waals surface area contributed by atoms with E-state index < -0.39 is 4.92 Å². The number of hydrogen-bond acceptors (Lipinski definition) is 4. The van der Waals surface area contributed by atoms with Gasteiger partial charge in [0, 0.05) is 23.9 Å². The zero-order valence-electron chi connectivity index (χ0n) is 11.1. The number of rotatable bonds is 4. The molecular formula is C14H13ClN2O3. The van der Waals surface area contributed by atoms with Gasteiger partial charge in [0.25, 0.3) is 0 Å². The first-order valence-corrected chi connectivity index (χ1v) is 6.46. The first-order valence-electron chi connectivity index (χ1n) is 6.08. The molecule has 0 radical (unpaired) electrons. The Bertz CT molecular complexity index is 659.